The van der Waals surface area contributed by atoms with Gasteiger partial charge in [0.25, 0.3) is 0 Å². The van der Waals surface area contributed by atoms with Crippen LogP contribution in [0.1, 0.15) is 18.7 Å². The monoisotopic (exact) mass is 296 g/mol. The number of rotatable bonds is 3. The van der Waals surface area contributed by atoms with Gasteiger partial charge in [-0.05, 0) is 25.3 Å². The lowest BCUT2D eigenvalue weighted by atomic mass is 10.2. The minimum absolute atomic E-state index is 0.0972. The van der Waals surface area contributed by atoms with Gasteiger partial charge in [0.15, 0.2) is 0 Å². The molecular weight excluding hydrogens is 280 g/mol. The van der Waals surface area contributed by atoms with Crippen molar-refractivity contribution in [3.05, 3.63) is 60.2 Å². The van der Waals surface area contributed by atoms with E-state index in [-0.39, 0.29) is 6.17 Å². The van der Waals surface area contributed by atoms with Crippen molar-refractivity contribution in [2.75, 3.05) is 6.26 Å². The quantitative estimate of drug-likeness (QED) is 0.546. The van der Waals surface area contributed by atoms with E-state index in [0.29, 0.717) is 0 Å². The van der Waals surface area contributed by atoms with Crippen molar-refractivity contribution in [2.45, 2.75) is 13.1 Å². The van der Waals surface area contributed by atoms with Crippen molar-refractivity contribution in [3.63, 3.8) is 0 Å². The third-order valence-corrected chi connectivity index (χ3v) is 3.98. The fraction of sp³-hybridized carbons (Fsp3) is 0.188. The molecule has 1 aromatic heterocycles. The summed E-state index contributed by atoms with van der Waals surface area (Å²) in [6.45, 7) is 2.03. The molecule has 2 aromatic carbocycles. The van der Waals surface area contributed by atoms with Crippen molar-refractivity contribution < 1.29 is 0 Å². The zero-order valence-corrected chi connectivity index (χ0v) is 12.8. The summed E-state index contributed by atoms with van der Waals surface area (Å²) < 4.78 is 1.86. The van der Waals surface area contributed by atoms with Gasteiger partial charge in [0, 0.05) is 5.56 Å². The summed E-state index contributed by atoms with van der Waals surface area (Å²) in [6.07, 6.45) is 1.94. The Kier molecular flexibility index (Phi) is 4.01. The van der Waals surface area contributed by atoms with Crippen LogP contribution in [0, 0.1) is 0 Å². The molecule has 1 unspecified atom stereocenters. The maximum atomic E-state index is 4.80. The molecule has 5 heteroatoms. The topological polar surface area (TPSA) is 43.1 Å². The molecule has 0 saturated heterocycles. The minimum Gasteiger partial charge on any atom is -0.251 e. The van der Waals surface area contributed by atoms with E-state index < -0.39 is 0 Å². The maximum absolute atomic E-state index is 4.80. The van der Waals surface area contributed by atoms with Crippen LogP contribution in [0.4, 0.5) is 0 Å². The molecular formula is C16H16N4S. The van der Waals surface area contributed by atoms with Gasteiger partial charge in [-0.3, -0.25) is 4.99 Å². The second kappa shape index (κ2) is 6.10. The predicted octanol–water partition coefficient (Wildman–Crippen LogP) is 3.76. The minimum atomic E-state index is -0.0972. The number of thioether (sulfide) groups is 1. The van der Waals surface area contributed by atoms with Crippen LogP contribution >= 0.6 is 11.8 Å². The number of benzene rings is 2. The zero-order chi connectivity index (χ0) is 14.7. The van der Waals surface area contributed by atoms with Crippen LogP contribution in [0.2, 0.25) is 0 Å². The number of hydrogen-bond donors (Lipinski definition) is 0. The van der Waals surface area contributed by atoms with Gasteiger partial charge in [-0.2, -0.15) is 0 Å². The maximum Gasteiger partial charge on any atom is 0.142 e. The average molecular weight is 296 g/mol. The van der Waals surface area contributed by atoms with Crippen molar-refractivity contribution in [1.29, 1.82) is 0 Å². The summed E-state index contributed by atoms with van der Waals surface area (Å²) in [5, 5.41) is 9.41. The van der Waals surface area contributed by atoms with Crippen LogP contribution in [0.5, 0.6) is 0 Å². The highest BCUT2D eigenvalue weighted by molar-refractivity contribution is 8.13. The lowest BCUT2D eigenvalue weighted by molar-refractivity contribution is 0.512. The third kappa shape index (κ3) is 2.83. The molecule has 4 nitrogen and oxygen atoms in total. The number of nitrogens with zero attached hydrogens (tertiary/aromatic N) is 4. The molecule has 0 bridgehead atoms. The number of para-hydroxylation sites is 1. The molecule has 0 radical (unpaired) electrons. The molecule has 106 valence electrons. The van der Waals surface area contributed by atoms with Crippen molar-refractivity contribution in [3.8, 4) is 0 Å². The largest absolute Gasteiger partial charge is 0.251 e. The molecule has 0 saturated carbocycles. The van der Waals surface area contributed by atoms with E-state index in [9.17, 15) is 0 Å². The van der Waals surface area contributed by atoms with Crippen molar-refractivity contribution in [1.82, 2.24) is 15.0 Å². The van der Waals surface area contributed by atoms with E-state index in [0.717, 1.165) is 21.6 Å². The van der Waals surface area contributed by atoms with Crippen LogP contribution in [-0.2, 0) is 0 Å². The third-order valence-electron chi connectivity index (χ3n) is 3.25. The standard InChI is InChI=1S/C16H16N4S/c1-12(17-16(21-2)13-8-4-3-5-9-13)20-15-11-7-6-10-14(15)18-19-20/h3-12H,1-2H3/b17-16+. The number of hydrogen-bond acceptors (Lipinski definition) is 4. The first kappa shape index (κ1) is 13.8. The summed E-state index contributed by atoms with van der Waals surface area (Å²) >= 11 is 1.64. The Bertz CT molecular complexity index is 764. The Hall–Kier alpha value is -2.14. The molecule has 21 heavy (non-hydrogen) atoms. The van der Waals surface area contributed by atoms with Gasteiger partial charge < -0.3 is 0 Å². The summed E-state index contributed by atoms with van der Waals surface area (Å²) in [4.78, 5) is 4.80. The van der Waals surface area contributed by atoms with Crippen LogP contribution in [-0.4, -0.2) is 26.3 Å². The highest BCUT2D eigenvalue weighted by Gasteiger charge is 2.11. The summed E-state index contributed by atoms with van der Waals surface area (Å²) in [7, 11) is 0. The van der Waals surface area contributed by atoms with E-state index in [2.05, 4.69) is 22.4 Å². The Labute approximate surface area is 127 Å². The smallest absolute Gasteiger partial charge is 0.142 e. The number of aromatic nitrogens is 3. The lowest BCUT2D eigenvalue weighted by Crippen LogP contribution is -2.07. The Morgan fingerprint density at radius 2 is 1.81 bits per heavy atom. The molecule has 1 heterocycles. The number of fused-ring (bicyclic) bond motifs is 1. The first-order valence-corrected chi connectivity index (χ1v) is 7.99. The van der Waals surface area contributed by atoms with Crippen LogP contribution in [0.3, 0.4) is 0 Å². The molecule has 1 atom stereocenters. The first-order chi connectivity index (χ1) is 10.3. The molecule has 3 aromatic rings. The normalized spacial score (nSPS) is 13.5. The SMILES string of the molecule is CS/C(=N/C(C)n1nnc2ccccc21)c1ccccc1. The Balaban J connectivity index is 1.97. The Morgan fingerprint density at radius 1 is 1.10 bits per heavy atom. The average Bonchev–Trinajstić information content (AvgIpc) is 2.97. The second-order valence-corrected chi connectivity index (χ2v) is 5.45. The summed E-state index contributed by atoms with van der Waals surface area (Å²) in [5.41, 5.74) is 3.02. The molecule has 0 fully saturated rings. The highest BCUT2D eigenvalue weighted by atomic mass is 32.2. The van der Waals surface area contributed by atoms with Crippen LogP contribution < -0.4 is 0 Å². The van der Waals surface area contributed by atoms with Crippen LogP contribution in [0.15, 0.2) is 59.6 Å². The van der Waals surface area contributed by atoms with Gasteiger partial charge in [-0.1, -0.05) is 47.7 Å². The van der Waals surface area contributed by atoms with E-state index >= 15 is 0 Å². The number of aliphatic imine (C=N–C) groups is 1. The first-order valence-electron chi connectivity index (χ1n) is 6.76. The molecule has 0 aliphatic heterocycles. The van der Waals surface area contributed by atoms with E-state index in [1.54, 1.807) is 11.8 Å². The van der Waals surface area contributed by atoms with Crippen LogP contribution in [0.25, 0.3) is 11.0 Å². The van der Waals surface area contributed by atoms with Gasteiger partial charge >= 0.3 is 0 Å². The molecule has 0 aliphatic rings. The van der Waals surface area contributed by atoms with Gasteiger partial charge in [0.05, 0.1) is 5.52 Å². The summed E-state index contributed by atoms with van der Waals surface area (Å²) in [5.74, 6) is 0. The van der Waals surface area contributed by atoms with E-state index in [1.165, 1.54) is 0 Å². The van der Waals surface area contributed by atoms with E-state index in [1.807, 2.05) is 60.3 Å². The fourth-order valence-electron chi connectivity index (χ4n) is 2.21. The molecule has 0 N–H and O–H groups in total. The molecule has 0 amide bonds. The highest BCUT2D eigenvalue weighted by Crippen LogP contribution is 2.19. The summed E-state index contributed by atoms with van der Waals surface area (Å²) in [6, 6.07) is 18.1. The van der Waals surface area contributed by atoms with Gasteiger partial charge in [-0.25, -0.2) is 4.68 Å². The predicted molar refractivity (Wildman–Crippen MR) is 88.7 cm³/mol. The van der Waals surface area contributed by atoms with Gasteiger partial charge in [0.2, 0.25) is 0 Å². The molecule has 0 spiro atoms. The Morgan fingerprint density at radius 3 is 2.57 bits per heavy atom. The second-order valence-electron chi connectivity index (χ2n) is 4.66. The van der Waals surface area contributed by atoms with Gasteiger partial charge in [0.1, 0.15) is 16.7 Å². The van der Waals surface area contributed by atoms with Crippen molar-refractivity contribution >= 4 is 27.8 Å². The van der Waals surface area contributed by atoms with Crippen molar-refractivity contribution in [2.24, 2.45) is 4.99 Å². The van der Waals surface area contributed by atoms with E-state index in [4.69, 9.17) is 4.99 Å². The zero-order valence-electron chi connectivity index (χ0n) is 12.0. The fourth-order valence-corrected chi connectivity index (χ4v) is 2.84. The lowest BCUT2D eigenvalue weighted by Gasteiger charge is -2.10. The molecule has 3 rings (SSSR count). The molecule has 0 aliphatic carbocycles. The van der Waals surface area contributed by atoms with Gasteiger partial charge in [-0.15, -0.1) is 16.9 Å².